The Kier molecular flexibility index (Phi) is 8.22. The maximum absolute atomic E-state index is 12.1. The molecular weight excluding hydrogens is 280 g/mol. The Balaban J connectivity index is 2.42. The molecule has 1 amide bonds. The zero-order valence-corrected chi connectivity index (χ0v) is 13.5. The van der Waals surface area contributed by atoms with Gasteiger partial charge in [-0.1, -0.05) is 25.1 Å². The molecule has 0 radical (unpaired) electrons. The standard InChI is InChI=1S/C17H26N2O3/c1-3-11-19(12-7-6-10-17(21)22)13-16(20)18-15-9-5-4-8-14(15)2/h4-5,8-9H,3,6-7,10-13H2,1-2H3,(H,18,20)(H,21,22). The average molecular weight is 306 g/mol. The number of hydrogen-bond donors (Lipinski definition) is 2. The number of carbonyl (C=O) groups is 2. The number of rotatable bonds is 10. The van der Waals surface area contributed by atoms with Crippen LogP contribution in [-0.2, 0) is 9.59 Å². The third-order valence-corrected chi connectivity index (χ3v) is 3.44. The number of unbranched alkanes of at least 4 members (excludes halogenated alkanes) is 1. The number of benzene rings is 1. The molecule has 1 aromatic rings. The van der Waals surface area contributed by atoms with Gasteiger partial charge in [-0.25, -0.2) is 0 Å². The maximum Gasteiger partial charge on any atom is 0.303 e. The van der Waals surface area contributed by atoms with Gasteiger partial charge in [0.2, 0.25) is 5.91 Å². The van der Waals surface area contributed by atoms with Crippen molar-refractivity contribution in [2.24, 2.45) is 0 Å². The third kappa shape index (κ3) is 7.22. The Labute approximate surface area is 132 Å². The van der Waals surface area contributed by atoms with Crippen LogP contribution in [0.1, 0.15) is 38.2 Å². The summed E-state index contributed by atoms with van der Waals surface area (Å²) in [5, 5.41) is 11.6. The van der Waals surface area contributed by atoms with Gasteiger partial charge in [0.25, 0.3) is 0 Å². The zero-order chi connectivity index (χ0) is 16.4. The van der Waals surface area contributed by atoms with Gasteiger partial charge in [-0.3, -0.25) is 14.5 Å². The predicted octanol–water partition coefficient (Wildman–Crippen LogP) is 2.90. The molecule has 0 spiro atoms. The van der Waals surface area contributed by atoms with E-state index in [2.05, 4.69) is 17.1 Å². The summed E-state index contributed by atoms with van der Waals surface area (Å²) in [6.07, 6.45) is 2.60. The molecule has 0 saturated carbocycles. The van der Waals surface area contributed by atoms with Gasteiger partial charge in [0.05, 0.1) is 6.54 Å². The summed E-state index contributed by atoms with van der Waals surface area (Å²) in [4.78, 5) is 24.7. The van der Waals surface area contributed by atoms with Crippen LogP contribution in [0, 0.1) is 6.92 Å². The van der Waals surface area contributed by atoms with Crippen molar-refractivity contribution < 1.29 is 14.7 Å². The highest BCUT2D eigenvalue weighted by Gasteiger charge is 2.11. The Hall–Kier alpha value is -1.88. The monoisotopic (exact) mass is 306 g/mol. The van der Waals surface area contributed by atoms with Crippen LogP contribution in [0.4, 0.5) is 5.69 Å². The van der Waals surface area contributed by atoms with Crippen molar-refractivity contribution in [3.8, 4) is 0 Å². The molecule has 0 fully saturated rings. The molecule has 0 atom stereocenters. The van der Waals surface area contributed by atoms with Crippen molar-refractivity contribution in [1.29, 1.82) is 0 Å². The second-order valence-corrected chi connectivity index (χ2v) is 5.49. The van der Waals surface area contributed by atoms with Crippen LogP contribution in [0.5, 0.6) is 0 Å². The number of aryl methyl sites for hydroxylation is 1. The SMILES string of the molecule is CCCN(CCCCC(=O)O)CC(=O)Nc1ccccc1C. The number of aliphatic carboxylic acids is 1. The minimum Gasteiger partial charge on any atom is -0.481 e. The normalized spacial score (nSPS) is 10.7. The van der Waals surface area contributed by atoms with E-state index >= 15 is 0 Å². The minimum absolute atomic E-state index is 0.0269. The zero-order valence-electron chi connectivity index (χ0n) is 13.5. The second-order valence-electron chi connectivity index (χ2n) is 5.49. The molecule has 0 bridgehead atoms. The number of anilines is 1. The summed E-state index contributed by atoms with van der Waals surface area (Å²) in [6, 6.07) is 7.70. The highest BCUT2D eigenvalue weighted by Crippen LogP contribution is 2.13. The van der Waals surface area contributed by atoms with Crippen LogP contribution < -0.4 is 5.32 Å². The van der Waals surface area contributed by atoms with Crippen molar-refractivity contribution in [2.75, 3.05) is 25.0 Å². The first kappa shape index (κ1) is 18.2. The summed E-state index contributed by atoms with van der Waals surface area (Å²) < 4.78 is 0. The summed E-state index contributed by atoms with van der Waals surface area (Å²) >= 11 is 0. The number of amides is 1. The summed E-state index contributed by atoms with van der Waals surface area (Å²) in [7, 11) is 0. The number of nitrogens with one attached hydrogen (secondary N) is 1. The van der Waals surface area contributed by atoms with E-state index in [1.807, 2.05) is 31.2 Å². The highest BCUT2D eigenvalue weighted by molar-refractivity contribution is 5.92. The first-order valence-corrected chi connectivity index (χ1v) is 7.82. The quantitative estimate of drug-likeness (QED) is 0.652. The fourth-order valence-corrected chi connectivity index (χ4v) is 2.30. The number of nitrogens with zero attached hydrogens (tertiary/aromatic N) is 1. The fourth-order valence-electron chi connectivity index (χ4n) is 2.30. The van der Waals surface area contributed by atoms with Gasteiger partial charge in [-0.2, -0.15) is 0 Å². The smallest absolute Gasteiger partial charge is 0.303 e. The third-order valence-electron chi connectivity index (χ3n) is 3.44. The van der Waals surface area contributed by atoms with Crippen molar-refractivity contribution in [3.05, 3.63) is 29.8 Å². The molecule has 0 saturated heterocycles. The van der Waals surface area contributed by atoms with E-state index in [0.717, 1.165) is 37.2 Å². The summed E-state index contributed by atoms with van der Waals surface area (Å²) in [5.74, 6) is -0.791. The van der Waals surface area contributed by atoms with E-state index in [1.165, 1.54) is 0 Å². The molecule has 1 rings (SSSR count). The van der Waals surface area contributed by atoms with Gasteiger partial charge in [-0.15, -0.1) is 0 Å². The molecule has 0 aliphatic rings. The number of carboxylic acids is 1. The van der Waals surface area contributed by atoms with Gasteiger partial charge in [0.1, 0.15) is 0 Å². The molecule has 0 heterocycles. The van der Waals surface area contributed by atoms with E-state index < -0.39 is 5.97 Å². The Bertz CT molecular complexity index is 489. The lowest BCUT2D eigenvalue weighted by Gasteiger charge is -2.21. The first-order chi connectivity index (χ1) is 10.5. The Morgan fingerprint density at radius 2 is 1.91 bits per heavy atom. The van der Waals surface area contributed by atoms with Crippen LogP contribution in [-0.4, -0.2) is 41.5 Å². The van der Waals surface area contributed by atoms with E-state index in [0.29, 0.717) is 13.0 Å². The van der Waals surface area contributed by atoms with Gasteiger partial charge in [0.15, 0.2) is 0 Å². The Morgan fingerprint density at radius 1 is 1.18 bits per heavy atom. The van der Waals surface area contributed by atoms with Crippen LogP contribution in [0.25, 0.3) is 0 Å². The lowest BCUT2D eigenvalue weighted by molar-refractivity contribution is -0.137. The molecule has 0 unspecified atom stereocenters. The van der Waals surface area contributed by atoms with Gasteiger partial charge in [0, 0.05) is 12.1 Å². The van der Waals surface area contributed by atoms with Crippen molar-refractivity contribution in [2.45, 2.75) is 39.5 Å². The molecular formula is C17H26N2O3. The van der Waals surface area contributed by atoms with E-state index in [4.69, 9.17) is 5.11 Å². The Morgan fingerprint density at radius 3 is 2.55 bits per heavy atom. The van der Waals surface area contributed by atoms with Crippen molar-refractivity contribution in [1.82, 2.24) is 4.90 Å². The molecule has 5 heteroatoms. The van der Waals surface area contributed by atoms with E-state index in [1.54, 1.807) is 0 Å². The largest absolute Gasteiger partial charge is 0.481 e. The average Bonchev–Trinajstić information content (AvgIpc) is 2.46. The van der Waals surface area contributed by atoms with Crippen molar-refractivity contribution in [3.63, 3.8) is 0 Å². The first-order valence-electron chi connectivity index (χ1n) is 7.82. The van der Waals surface area contributed by atoms with E-state index in [9.17, 15) is 9.59 Å². The molecule has 2 N–H and O–H groups in total. The van der Waals surface area contributed by atoms with Crippen LogP contribution >= 0.6 is 0 Å². The second kappa shape index (κ2) is 9.95. The van der Waals surface area contributed by atoms with Crippen LogP contribution in [0.2, 0.25) is 0 Å². The number of hydrogen-bond acceptors (Lipinski definition) is 3. The fraction of sp³-hybridized carbons (Fsp3) is 0.529. The molecule has 5 nitrogen and oxygen atoms in total. The van der Waals surface area contributed by atoms with Crippen LogP contribution in [0.3, 0.4) is 0 Å². The topological polar surface area (TPSA) is 69.6 Å². The number of carbonyl (C=O) groups excluding carboxylic acids is 1. The van der Waals surface area contributed by atoms with Gasteiger partial charge >= 0.3 is 5.97 Å². The highest BCUT2D eigenvalue weighted by atomic mass is 16.4. The van der Waals surface area contributed by atoms with Crippen LogP contribution in [0.15, 0.2) is 24.3 Å². The number of carboxylic acid groups (broad SMARTS) is 1. The lowest BCUT2D eigenvalue weighted by Crippen LogP contribution is -2.34. The molecule has 1 aromatic carbocycles. The molecule has 0 aromatic heterocycles. The molecule has 0 aliphatic heterocycles. The molecule has 22 heavy (non-hydrogen) atoms. The maximum atomic E-state index is 12.1. The van der Waals surface area contributed by atoms with Crippen molar-refractivity contribution >= 4 is 17.6 Å². The summed E-state index contributed by atoms with van der Waals surface area (Å²) in [5.41, 5.74) is 1.88. The van der Waals surface area contributed by atoms with Gasteiger partial charge in [-0.05, 0) is 50.9 Å². The number of para-hydroxylation sites is 1. The summed E-state index contributed by atoms with van der Waals surface area (Å²) in [6.45, 7) is 5.97. The minimum atomic E-state index is -0.765. The van der Waals surface area contributed by atoms with E-state index in [-0.39, 0.29) is 12.3 Å². The lowest BCUT2D eigenvalue weighted by atomic mass is 10.2. The molecule has 122 valence electrons. The molecule has 0 aliphatic carbocycles. The predicted molar refractivity (Wildman–Crippen MR) is 88.0 cm³/mol. The van der Waals surface area contributed by atoms with Gasteiger partial charge < -0.3 is 10.4 Å².